The van der Waals surface area contributed by atoms with Gasteiger partial charge < -0.3 is 14.5 Å². The molecule has 0 saturated carbocycles. The van der Waals surface area contributed by atoms with Gasteiger partial charge in [-0.1, -0.05) is 25.1 Å². The van der Waals surface area contributed by atoms with Gasteiger partial charge in [0.15, 0.2) is 5.69 Å². The van der Waals surface area contributed by atoms with Crippen molar-refractivity contribution in [3.63, 3.8) is 0 Å². The molecule has 0 aliphatic rings. The van der Waals surface area contributed by atoms with Crippen LogP contribution >= 0.6 is 0 Å². The van der Waals surface area contributed by atoms with E-state index in [-0.39, 0.29) is 11.7 Å². The number of carbonyl (C=O) groups is 1. The summed E-state index contributed by atoms with van der Waals surface area (Å²) in [5, 5.41) is 3.06. The van der Waals surface area contributed by atoms with Gasteiger partial charge in [0.1, 0.15) is 6.26 Å². The number of para-hydroxylation sites is 1. The number of benzene rings is 1. The lowest BCUT2D eigenvalue weighted by Crippen LogP contribution is -2.05. The van der Waals surface area contributed by atoms with Gasteiger partial charge in [0, 0.05) is 5.69 Å². The number of rotatable bonds is 5. The molecule has 0 amide bonds. The van der Waals surface area contributed by atoms with Gasteiger partial charge in [-0.05, 0) is 25.0 Å². The SMILES string of the molecule is CCOC(=O)c1coc(Nc2ccccc2CC)n1. The van der Waals surface area contributed by atoms with E-state index in [1.807, 2.05) is 24.3 Å². The Morgan fingerprint density at radius 1 is 1.37 bits per heavy atom. The highest BCUT2D eigenvalue weighted by Crippen LogP contribution is 2.20. The molecular weight excluding hydrogens is 244 g/mol. The second-order valence-corrected chi connectivity index (χ2v) is 3.89. The third-order valence-electron chi connectivity index (χ3n) is 2.63. The predicted molar refractivity (Wildman–Crippen MR) is 71.6 cm³/mol. The van der Waals surface area contributed by atoms with Crippen LogP contribution in [-0.2, 0) is 11.2 Å². The minimum atomic E-state index is -0.483. The Labute approximate surface area is 111 Å². The monoisotopic (exact) mass is 260 g/mol. The van der Waals surface area contributed by atoms with Gasteiger partial charge in [-0.15, -0.1) is 0 Å². The van der Waals surface area contributed by atoms with E-state index in [0.717, 1.165) is 17.7 Å². The Morgan fingerprint density at radius 3 is 2.89 bits per heavy atom. The van der Waals surface area contributed by atoms with Gasteiger partial charge in [0.05, 0.1) is 6.61 Å². The van der Waals surface area contributed by atoms with E-state index in [4.69, 9.17) is 9.15 Å². The average Bonchev–Trinajstić information content (AvgIpc) is 2.88. The minimum absolute atomic E-state index is 0.165. The normalized spacial score (nSPS) is 10.2. The van der Waals surface area contributed by atoms with Crippen LogP contribution in [0.5, 0.6) is 0 Å². The molecule has 0 bridgehead atoms. The molecule has 0 aliphatic carbocycles. The molecule has 1 aromatic heterocycles. The lowest BCUT2D eigenvalue weighted by atomic mass is 10.1. The van der Waals surface area contributed by atoms with Crippen molar-refractivity contribution in [2.24, 2.45) is 0 Å². The van der Waals surface area contributed by atoms with Gasteiger partial charge in [-0.25, -0.2) is 4.79 Å². The second kappa shape index (κ2) is 6.04. The molecule has 0 atom stereocenters. The lowest BCUT2D eigenvalue weighted by Gasteiger charge is -2.06. The number of hydrogen-bond acceptors (Lipinski definition) is 5. The zero-order chi connectivity index (χ0) is 13.7. The zero-order valence-corrected chi connectivity index (χ0v) is 11.0. The summed E-state index contributed by atoms with van der Waals surface area (Å²) in [6.07, 6.45) is 2.18. The smallest absolute Gasteiger partial charge is 0.360 e. The number of aryl methyl sites for hydroxylation is 1. The molecule has 1 heterocycles. The number of ether oxygens (including phenoxy) is 1. The fourth-order valence-electron chi connectivity index (χ4n) is 1.70. The van der Waals surface area contributed by atoms with Gasteiger partial charge >= 0.3 is 5.97 Å². The summed E-state index contributed by atoms with van der Waals surface area (Å²) in [4.78, 5) is 15.5. The molecule has 2 rings (SSSR count). The molecule has 0 saturated heterocycles. The van der Waals surface area contributed by atoms with Gasteiger partial charge in [-0.2, -0.15) is 4.98 Å². The first-order chi connectivity index (χ1) is 9.24. The highest BCUT2D eigenvalue weighted by molar-refractivity contribution is 5.87. The van der Waals surface area contributed by atoms with E-state index in [2.05, 4.69) is 17.2 Å². The number of aromatic nitrogens is 1. The summed E-state index contributed by atoms with van der Waals surface area (Å²) < 4.78 is 10.1. The van der Waals surface area contributed by atoms with Crippen LogP contribution < -0.4 is 5.32 Å². The lowest BCUT2D eigenvalue weighted by molar-refractivity contribution is 0.0519. The molecule has 1 aromatic carbocycles. The molecule has 5 heteroatoms. The second-order valence-electron chi connectivity index (χ2n) is 3.89. The summed E-state index contributed by atoms with van der Waals surface area (Å²) >= 11 is 0. The van der Waals surface area contributed by atoms with Crippen LogP contribution in [0.15, 0.2) is 34.9 Å². The standard InChI is InChI=1S/C14H16N2O3/c1-3-10-7-5-6-8-11(10)15-14-16-12(9-19-14)13(17)18-4-2/h5-9H,3-4H2,1-2H3,(H,15,16). The number of carbonyl (C=O) groups excluding carboxylic acids is 1. The third-order valence-corrected chi connectivity index (χ3v) is 2.63. The van der Waals surface area contributed by atoms with Gasteiger partial charge in [0.25, 0.3) is 6.01 Å². The van der Waals surface area contributed by atoms with Crippen molar-refractivity contribution in [1.82, 2.24) is 4.98 Å². The number of hydrogen-bond donors (Lipinski definition) is 1. The van der Waals surface area contributed by atoms with Gasteiger partial charge in [-0.3, -0.25) is 0 Å². The molecule has 1 N–H and O–H groups in total. The highest BCUT2D eigenvalue weighted by atomic mass is 16.5. The largest absolute Gasteiger partial charge is 0.461 e. The van der Waals surface area contributed by atoms with Crippen LogP contribution in [0.1, 0.15) is 29.9 Å². The molecule has 0 fully saturated rings. The molecule has 0 aliphatic heterocycles. The molecule has 100 valence electrons. The van der Waals surface area contributed by atoms with Crippen molar-refractivity contribution in [2.75, 3.05) is 11.9 Å². The first-order valence-corrected chi connectivity index (χ1v) is 6.22. The summed E-state index contributed by atoms with van der Waals surface area (Å²) in [7, 11) is 0. The van der Waals surface area contributed by atoms with Crippen LogP contribution in [0.2, 0.25) is 0 Å². The van der Waals surface area contributed by atoms with E-state index in [9.17, 15) is 4.79 Å². The quantitative estimate of drug-likeness (QED) is 0.836. The van der Waals surface area contributed by atoms with Gasteiger partial charge in [0.2, 0.25) is 0 Å². The van der Waals surface area contributed by atoms with Crippen molar-refractivity contribution >= 4 is 17.7 Å². The first-order valence-electron chi connectivity index (χ1n) is 6.22. The molecule has 0 radical (unpaired) electrons. The van der Waals surface area contributed by atoms with E-state index >= 15 is 0 Å². The van der Waals surface area contributed by atoms with Crippen molar-refractivity contribution in [1.29, 1.82) is 0 Å². The fourth-order valence-corrected chi connectivity index (χ4v) is 1.70. The zero-order valence-electron chi connectivity index (χ0n) is 11.0. The van der Waals surface area contributed by atoms with Crippen LogP contribution in [0.4, 0.5) is 11.7 Å². The molecule has 19 heavy (non-hydrogen) atoms. The number of esters is 1. The van der Waals surface area contributed by atoms with E-state index in [1.165, 1.54) is 6.26 Å². The maximum atomic E-state index is 11.5. The van der Waals surface area contributed by atoms with Crippen molar-refractivity contribution in [3.8, 4) is 0 Å². The van der Waals surface area contributed by atoms with Crippen LogP contribution in [0, 0.1) is 0 Å². The Hall–Kier alpha value is -2.30. The third kappa shape index (κ3) is 3.13. The number of anilines is 2. The Kier molecular flexibility index (Phi) is 4.18. The van der Waals surface area contributed by atoms with Crippen LogP contribution in [0.3, 0.4) is 0 Å². The summed E-state index contributed by atoms with van der Waals surface area (Å²) in [6.45, 7) is 4.13. The Morgan fingerprint density at radius 2 is 2.16 bits per heavy atom. The summed E-state index contributed by atoms with van der Waals surface area (Å²) in [6, 6.07) is 8.15. The molecular formula is C14H16N2O3. The molecule has 5 nitrogen and oxygen atoms in total. The Bertz CT molecular complexity index is 563. The summed E-state index contributed by atoms with van der Waals surface area (Å²) in [5.41, 5.74) is 2.24. The predicted octanol–water partition coefficient (Wildman–Crippen LogP) is 3.16. The molecule has 0 unspecified atom stereocenters. The number of oxazole rings is 1. The first kappa shape index (κ1) is 13.1. The molecule has 0 spiro atoms. The molecule has 2 aromatic rings. The van der Waals surface area contributed by atoms with E-state index < -0.39 is 5.97 Å². The minimum Gasteiger partial charge on any atom is -0.461 e. The van der Waals surface area contributed by atoms with E-state index in [1.54, 1.807) is 6.92 Å². The average molecular weight is 260 g/mol. The number of nitrogens with one attached hydrogen (secondary N) is 1. The highest BCUT2D eigenvalue weighted by Gasteiger charge is 2.13. The maximum absolute atomic E-state index is 11.5. The van der Waals surface area contributed by atoms with Crippen LogP contribution in [0.25, 0.3) is 0 Å². The van der Waals surface area contributed by atoms with Crippen LogP contribution in [-0.4, -0.2) is 17.6 Å². The maximum Gasteiger partial charge on any atom is 0.360 e. The van der Waals surface area contributed by atoms with Crippen molar-refractivity contribution in [3.05, 3.63) is 41.8 Å². The fraction of sp³-hybridized carbons (Fsp3) is 0.286. The van der Waals surface area contributed by atoms with Crippen molar-refractivity contribution < 1.29 is 13.9 Å². The topological polar surface area (TPSA) is 64.4 Å². The van der Waals surface area contributed by atoms with Crippen molar-refractivity contribution in [2.45, 2.75) is 20.3 Å². The Balaban J connectivity index is 2.13. The number of nitrogens with zero attached hydrogens (tertiary/aromatic N) is 1. The summed E-state index contributed by atoms with van der Waals surface area (Å²) in [5.74, 6) is -0.483. The van der Waals surface area contributed by atoms with E-state index in [0.29, 0.717) is 6.61 Å².